The number of aliphatic carboxylic acids is 1. The fourth-order valence-electron chi connectivity index (χ4n) is 4.19. The van der Waals surface area contributed by atoms with Gasteiger partial charge in [-0.25, -0.2) is 9.59 Å². The van der Waals surface area contributed by atoms with Crippen LogP contribution in [-0.2, 0) is 25.5 Å². The number of aliphatic hydroxyl groups is 3. The zero-order chi connectivity index (χ0) is 27.5. The Labute approximate surface area is 209 Å². The van der Waals surface area contributed by atoms with Crippen molar-refractivity contribution in [2.45, 2.75) is 43.2 Å². The van der Waals surface area contributed by atoms with Crippen molar-refractivity contribution in [2.24, 2.45) is 5.92 Å². The van der Waals surface area contributed by atoms with Gasteiger partial charge in [0.15, 0.2) is 28.6 Å². The summed E-state index contributed by atoms with van der Waals surface area (Å²) in [5, 5.41) is 79.2. The molecule has 12 heteroatoms. The predicted molar refractivity (Wildman–Crippen MR) is 124 cm³/mol. The highest BCUT2D eigenvalue weighted by molar-refractivity contribution is 5.92. The van der Waals surface area contributed by atoms with E-state index >= 15 is 0 Å². The molecule has 0 amide bonds. The molecule has 3 rings (SSSR count). The van der Waals surface area contributed by atoms with E-state index in [4.69, 9.17) is 4.74 Å². The number of aryl methyl sites for hydroxylation is 1. The van der Waals surface area contributed by atoms with Gasteiger partial charge in [-0.1, -0.05) is 12.1 Å². The highest BCUT2D eigenvalue weighted by Gasteiger charge is 2.60. The van der Waals surface area contributed by atoms with E-state index in [2.05, 4.69) is 0 Å². The summed E-state index contributed by atoms with van der Waals surface area (Å²) in [5.74, 6) is -7.55. The summed E-state index contributed by atoms with van der Waals surface area (Å²) in [4.78, 5) is 37.6. The number of ether oxygens (including phenoxy) is 1. The average Bonchev–Trinajstić information content (AvgIpc) is 2.83. The second kappa shape index (κ2) is 10.9. The molecule has 0 radical (unpaired) electrons. The third kappa shape index (κ3) is 6.00. The normalized spacial score (nSPS) is 25.6. The van der Waals surface area contributed by atoms with Crippen molar-refractivity contribution in [1.82, 2.24) is 0 Å². The van der Waals surface area contributed by atoms with Gasteiger partial charge in [0.05, 0.1) is 12.0 Å². The van der Waals surface area contributed by atoms with Gasteiger partial charge in [0, 0.05) is 18.9 Å². The maximum atomic E-state index is 13.1. The molecule has 1 fully saturated rings. The van der Waals surface area contributed by atoms with Crippen molar-refractivity contribution in [3.05, 3.63) is 53.6 Å². The van der Waals surface area contributed by atoms with Gasteiger partial charge in [-0.15, -0.1) is 0 Å². The summed E-state index contributed by atoms with van der Waals surface area (Å²) in [6.07, 6.45) is -5.01. The predicted octanol–water partition coefficient (Wildman–Crippen LogP) is 0.193. The molecule has 2 aromatic carbocycles. The summed E-state index contributed by atoms with van der Waals surface area (Å²) < 4.78 is 5.15. The molecule has 0 spiro atoms. The molecule has 2 aromatic rings. The van der Waals surface area contributed by atoms with E-state index < -0.39 is 77.6 Å². The number of aliphatic hydroxyl groups excluding tert-OH is 2. The van der Waals surface area contributed by atoms with Crippen molar-refractivity contribution in [3.63, 3.8) is 0 Å². The lowest BCUT2D eigenvalue weighted by Crippen LogP contribution is -2.65. The Bertz CT molecular complexity index is 1220. The van der Waals surface area contributed by atoms with Crippen LogP contribution in [0.5, 0.6) is 23.0 Å². The number of carboxylic acid groups (broad SMARTS) is 1. The number of phenols is 4. The standard InChI is InChI=1S/C25H26O12/c26-14-5-1-12(9-17(14)29)3-7-16(28)21-23(22(33)19(31)11-25(21,36)24(34)35)37-20(32)8-4-13-2-6-15(27)18(30)10-13/h1-2,4-6,8-10,19,21-23,26-27,29-31,33,36H,3,7,11H2,(H,34,35)/b8-4+/t19-,21?,22-,23-,25+/m1/s1. The fraction of sp³-hybridized carbons (Fsp3) is 0.320. The highest BCUT2D eigenvalue weighted by Crippen LogP contribution is 2.38. The number of ketones is 1. The molecule has 12 nitrogen and oxygen atoms in total. The van der Waals surface area contributed by atoms with Gasteiger partial charge < -0.3 is 45.6 Å². The Balaban J connectivity index is 1.85. The zero-order valence-electron chi connectivity index (χ0n) is 19.3. The second-order valence-corrected chi connectivity index (χ2v) is 8.74. The molecule has 1 aliphatic rings. The van der Waals surface area contributed by atoms with Crippen LogP contribution in [0, 0.1) is 5.92 Å². The molecular formula is C25H26O12. The summed E-state index contributed by atoms with van der Waals surface area (Å²) in [5.41, 5.74) is -2.21. The first-order chi connectivity index (χ1) is 17.3. The third-order valence-corrected chi connectivity index (χ3v) is 6.17. The number of carbonyl (C=O) groups is 3. The number of hydrogen-bond donors (Lipinski definition) is 8. The summed E-state index contributed by atoms with van der Waals surface area (Å²) in [7, 11) is 0. The van der Waals surface area contributed by atoms with E-state index in [1.54, 1.807) is 0 Å². The number of hydrogen-bond acceptors (Lipinski definition) is 11. The lowest BCUT2D eigenvalue weighted by atomic mass is 9.68. The van der Waals surface area contributed by atoms with E-state index in [0.29, 0.717) is 5.56 Å². The molecule has 5 atom stereocenters. The summed E-state index contributed by atoms with van der Waals surface area (Å²) >= 11 is 0. The Morgan fingerprint density at radius 1 is 0.946 bits per heavy atom. The molecular weight excluding hydrogens is 492 g/mol. The van der Waals surface area contributed by atoms with Crippen LogP contribution in [0.4, 0.5) is 0 Å². The maximum absolute atomic E-state index is 13.1. The quantitative estimate of drug-likeness (QED) is 0.133. The Hall–Kier alpha value is -4.13. The average molecular weight is 518 g/mol. The molecule has 1 unspecified atom stereocenters. The molecule has 0 heterocycles. The van der Waals surface area contributed by atoms with Gasteiger partial charge in [-0.2, -0.15) is 0 Å². The molecule has 1 saturated carbocycles. The number of benzene rings is 2. The molecule has 8 N–H and O–H groups in total. The van der Waals surface area contributed by atoms with Crippen molar-refractivity contribution < 1.29 is 60.0 Å². The van der Waals surface area contributed by atoms with Crippen molar-refractivity contribution in [1.29, 1.82) is 0 Å². The summed E-state index contributed by atoms with van der Waals surface area (Å²) in [6, 6.07) is 7.44. The van der Waals surface area contributed by atoms with Crippen molar-refractivity contribution in [3.8, 4) is 23.0 Å². The molecule has 198 valence electrons. The second-order valence-electron chi connectivity index (χ2n) is 8.74. The zero-order valence-corrected chi connectivity index (χ0v) is 19.3. The highest BCUT2D eigenvalue weighted by atomic mass is 16.6. The van der Waals surface area contributed by atoms with Crippen LogP contribution in [0.3, 0.4) is 0 Å². The van der Waals surface area contributed by atoms with E-state index in [0.717, 1.165) is 18.2 Å². The number of rotatable bonds is 8. The minimum Gasteiger partial charge on any atom is -0.504 e. The summed E-state index contributed by atoms with van der Waals surface area (Å²) in [6.45, 7) is 0. The third-order valence-electron chi connectivity index (χ3n) is 6.17. The largest absolute Gasteiger partial charge is 0.504 e. The lowest BCUT2D eigenvalue weighted by Gasteiger charge is -2.44. The van der Waals surface area contributed by atoms with Crippen LogP contribution in [0.1, 0.15) is 24.0 Å². The van der Waals surface area contributed by atoms with Gasteiger partial charge in [0.2, 0.25) is 0 Å². The monoisotopic (exact) mass is 518 g/mol. The molecule has 0 aromatic heterocycles. The minimum atomic E-state index is -2.87. The topological polar surface area (TPSA) is 222 Å². The van der Waals surface area contributed by atoms with Gasteiger partial charge in [0.1, 0.15) is 18.0 Å². The van der Waals surface area contributed by atoms with Gasteiger partial charge >= 0.3 is 11.9 Å². The smallest absolute Gasteiger partial charge is 0.336 e. The number of aromatic hydroxyl groups is 4. The Morgan fingerprint density at radius 3 is 2.16 bits per heavy atom. The van der Waals surface area contributed by atoms with Crippen LogP contribution < -0.4 is 0 Å². The Kier molecular flexibility index (Phi) is 8.06. The SMILES string of the molecule is O=C(/C=C/c1ccc(O)c(O)c1)O[C@@H]1C(C(=O)CCc2ccc(O)c(O)c2)[C@](O)(C(=O)O)C[C@@H](O)[C@H]1O. The molecule has 0 saturated heterocycles. The number of carboxylic acids is 1. The fourth-order valence-corrected chi connectivity index (χ4v) is 4.19. The van der Waals surface area contributed by atoms with Crippen LogP contribution >= 0.6 is 0 Å². The number of Topliss-reactive ketones (excluding diaryl/α,β-unsaturated/α-hetero) is 1. The van der Waals surface area contributed by atoms with Gasteiger partial charge in [0.25, 0.3) is 0 Å². The van der Waals surface area contributed by atoms with Crippen molar-refractivity contribution in [2.75, 3.05) is 0 Å². The first kappa shape index (κ1) is 27.5. The minimum absolute atomic E-state index is 0.0531. The molecule has 0 bridgehead atoms. The number of carbonyl (C=O) groups excluding carboxylic acids is 2. The molecule has 37 heavy (non-hydrogen) atoms. The van der Waals surface area contributed by atoms with E-state index in [-0.39, 0.29) is 17.7 Å². The van der Waals surface area contributed by atoms with Gasteiger partial charge in [-0.3, -0.25) is 4.79 Å². The molecule has 1 aliphatic carbocycles. The Morgan fingerprint density at radius 2 is 1.57 bits per heavy atom. The van der Waals surface area contributed by atoms with E-state index in [1.807, 2.05) is 0 Å². The first-order valence-corrected chi connectivity index (χ1v) is 11.1. The van der Waals surface area contributed by atoms with Gasteiger partial charge in [-0.05, 0) is 47.9 Å². The van der Waals surface area contributed by atoms with E-state index in [9.17, 15) is 55.2 Å². The van der Waals surface area contributed by atoms with E-state index in [1.165, 1.54) is 30.3 Å². The van der Waals surface area contributed by atoms with Crippen LogP contribution in [-0.4, -0.2) is 82.5 Å². The number of phenolic OH excluding ortho intramolecular Hbond substituents is 4. The first-order valence-electron chi connectivity index (χ1n) is 11.1. The number of esters is 1. The molecule has 0 aliphatic heterocycles. The van der Waals surface area contributed by atoms with Crippen LogP contribution in [0.25, 0.3) is 6.08 Å². The maximum Gasteiger partial charge on any atom is 0.336 e. The van der Waals surface area contributed by atoms with Crippen molar-refractivity contribution >= 4 is 23.8 Å². The lowest BCUT2D eigenvalue weighted by molar-refractivity contribution is -0.216. The van der Waals surface area contributed by atoms with Crippen LogP contribution in [0.15, 0.2) is 42.5 Å². The van der Waals surface area contributed by atoms with Crippen LogP contribution in [0.2, 0.25) is 0 Å².